The van der Waals surface area contributed by atoms with Crippen LogP contribution in [-0.4, -0.2) is 35.2 Å². The van der Waals surface area contributed by atoms with Crippen molar-refractivity contribution in [3.05, 3.63) is 42.2 Å². The van der Waals surface area contributed by atoms with E-state index in [9.17, 15) is 0 Å². The average Bonchev–Trinajstić information content (AvgIpc) is 2.95. The first kappa shape index (κ1) is 14.1. The topological polar surface area (TPSA) is 46.0 Å². The Morgan fingerprint density at radius 2 is 2.29 bits per heavy atom. The van der Waals surface area contributed by atoms with E-state index in [0.29, 0.717) is 5.92 Å². The van der Waals surface area contributed by atoms with Gasteiger partial charge in [0.05, 0.1) is 0 Å². The van der Waals surface area contributed by atoms with E-state index in [1.165, 1.54) is 23.5 Å². The lowest BCUT2D eigenvalue weighted by molar-refractivity contribution is 0.347. The van der Waals surface area contributed by atoms with Crippen LogP contribution in [0, 0.1) is 5.92 Å². The van der Waals surface area contributed by atoms with Gasteiger partial charge in [0.15, 0.2) is 0 Å². The maximum atomic E-state index is 4.38. The Kier molecular flexibility index (Phi) is 4.20. The highest BCUT2D eigenvalue weighted by Gasteiger charge is 2.18. The Bertz CT molecular complexity index is 590. The van der Waals surface area contributed by atoms with Crippen molar-refractivity contribution in [1.82, 2.24) is 19.9 Å². The zero-order valence-corrected chi connectivity index (χ0v) is 12.8. The Morgan fingerprint density at radius 1 is 1.38 bits per heavy atom. The minimum absolute atomic E-state index is 0.686. The van der Waals surface area contributed by atoms with Gasteiger partial charge in [-0.1, -0.05) is 0 Å². The third-order valence-corrected chi connectivity index (χ3v) is 4.14. The van der Waals surface area contributed by atoms with E-state index >= 15 is 0 Å². The van der Waals surface area contributed by atoms with Gasteiger partial charge in [-0.2, -0.15) is 0 Å². The molecular weight excluding hydrogens is 262 g/mol. The highest BCUT2D eigenvalue weighted by atomic mass is 15.1. The van der Waals surface area contributed by atoms with Crippen LogP contribution in [-0.2, 0) is 19.5 Å². The fraction of sp³-hybridized carbons (Fsp3) is 0.500. The highest BCUT2D eigenvalue weighted by Crippen LogP contribution is 2.19. The van der Waals surface area contributed by atoms with Crippen molar-refractivity contribution in [2.75, 3.05) is 25.5 Å². The molecule has 0 saturated heterocycles. The molecule has 0 aromatic carbocycles. The monoisotopic (exact) mass is 285 g/mol. The van der Waals surface area contributed by atoms with Gasteiger partial charge in [-0.3, -0.25) is 4.98 Å². The number of hydrogen-bond acceptors (Lipinski definition) is 4. The molecule has 5 heteroatoms. The number of nitrogens with zero attached hydrogens (tertiary/aromatic N) is 4. The molecule has 0 aliphatic carbocycles. The lowest BCUT2D eigenvalue weighted by Gasteiger charge is -2.24. The smallest absolute Gasteiger partial charge is 0.108 e. The Balaban J connectivity index is 1.53. The molecule has 3 rings (SSSR count). The summed E-state index contributed by atoms with van der Waals surface area (Å²) in [6.45, 7) is 2.99. The van der Waals surface area contributed by atoms with Gasteiger partial charge in [0.25, 0.3) is 0 Å². The molecule has 2 aromatic heterocycles. The van der Waals surface area contributed by atoms with E-state index in [0.717, 1.165) is 26.1 Å². The lowest BCUT2D eigenvalue weighted by atomic mass is 9.99. The number of rotatable bonds is 5. The van der Waals surface area contributed by atoms with Crippen LogP contribution in [0.25, 0.3) is 0 Å². The van der Waals surface area contributed by atoms with Crippen LogP contribution in [0.4, 0.5) is 5.69 Å². The van der Waals surface area contributed by atoms with Crippen LogP contribution in [0.1, 0.15) is 17.8 Å². The maximum Gasteiger partial charge on any atom is 0.108 e. The van der Waals surface area contributed by atoms with E-state index in [1.807, 2.05) is 18.6 Å². The minimum Gasteiger partial charge on any atom is -0.377 e. The Hall–Kier alpha value is -1.88. The van der Waals surface area contributed by atoms with Crippen molar-refractivity contribution in [2.24, 2.45) is 5.92 Å². The molecule has 2 aromatic rings. The summed E-state index contributed by atoms with van der Waals surface area (Å²) in [6.07, 6.45) is 10.1. The van der Waals surface area contributed by atoms with Crippen molar-refractivity contribution in [3.8, 4) is 0 Å². The standard InChI is InChI=1S/C16H23N5/c1-20(2)15-5-6-17-10-14(15)11-18-9-13-3-4-16-19-7-8-21(16)12-13/h5-8,10,13,18H,3-4,9,11-12H2,1-2H3/t13-/m1/s1. The first-order chi connectivity index (χ1) is 10.2. The average molecular weight is 285 g/mol. The summed E-state index contributed by atoms with van der Waals surface area (Å²) >= 11 is 0. The van der Waals surface area contributed by atoms with Gasteiger partial charge >= 0.3 is 0 Å². The summed E-state index contributed by atoms with van der Waals surface area (Å²) in [5.74, 6) is 1.92. The summed E-state index contributed by atoms with van der Waals surface area (Å²) in [7, 11) is 4.14. The van der Waals surface area contributed by atoms with Crippen LogP contribution in [0.15, 0.2) is 30.9 Å². The molecule has 0 radical (unpaired) electrons. The predicted molar refractivity (Wildman–Crippen MR) is 84.3 cm³/mol. The van der Waals surface area contributed by atoms with Gasteiger partial charge in [-0.15, -0.1) is 0 Å². The molecule has 0 amide bonds. The van der Waals surface area contributed by atoms with Gasteiger partial charge < -0.3 is 14.8 Å². The van der Waals surface area contributed by atoms with Gasteiger partial charge in [-0.25, -0.2) is 4.98 Å². The van der Waals surface area contributed by atoms with E-state index < -0.39 is 0 Å². The van der Waals surface area contributed by atoms with Gasteiger partial charge in [-0.05, 0) is 24.9 Å². The summed E-state index contributed by atoms with van der Waals surface area (Å²) in [5, 5.41) is 3.59. The molecule has 1 N–H and O–H groups in total. The first-order valence-corrected chi connectivity index (χ1v) is 7.55. The van der Waals surface area contributed by atoms with Gasteiger partial charge in [0.2, 0.25) is 0 Å². The summed E-state index contributed by atoms with van der Waals surface area (Å²) in [6, 6.07) is 2.06. The van der Waals surface area contributed by atoms with Crippen LogP contribution < -0.4 is 10.2 Å². The number of nitrogens with one attached hydrogen (secondary N) is 1. The van der Waals surface area contributed by atoms with E-state index in [1.54, 1.807) is 0 Å². The normalized spacial score (nSPS) is 17.5. The van der Waals surface area contributed by atoms with Crippen molar-refractivity contribution in [1.29, 1.82) is 0 Å². The minimum atomic E-state index is 0.686. The number of pyridine rings is 1. The SMILES string of the molecule is CN(C)c1ccncc1CNC[C@H]1CCc2nccn2C1. The fourth-order valence-electron chi connectivity index (χ4n) is 3.01. The van der Waals surface area contributed by atoms with E-state index in [-0.39, 0.29) is 0 Å². The molecule has 112 valence electrons. The largest absolute Gasteiger partial charge is 0.377 e. The Morgan fingerprint density at radius 3 is 3.14 bits per heavy atom. The molecule has 0 fully saturated rings. The summed E-state index contributed by atoms with van der Waals surface area (Å²) < 4.78 is 2.28. The maximum absolute atomic E-state index is 4.38. The number of hydrogen-bond donors (Lipinski definition) is 1. The van der Waals surface area contributed by atoms with E-state index in [2.05, 4.69) is 51.1 Å². The molecule has 0 unspecified atom stereocenters. The van der Waals surface area contributed by atoms with Crippen molar-refractivity contribution < 1.29 is 0 Å². The zero-order valence-electron chi connectivity index (χ0n) is 12.8. The number of aromatic nitrogens is 3. The molecule has 1 atom stereocenters. The summed E-state index contributed by atoms with van der Waals surface area (Å²) in [5.41, 5.74) is 2.49. The number of aryl methyl sites for hydroxylation is 1. The number of anilines is 1. The second kappa shape index (κ2) is 6.26. The quantitative estimate of drug-likeness (QED) is 0.908. The number of fused-ring (bicyclic) bond motifs is 1. The molecule has 5 nitrogen and oxygen atoms in total. The molecule has 0 bridgehead atoms. The molecule has 0 spiro atoms. The zero-order chi connectivity index (χ0) is 14.7. The third kappa shape index (κ3) is 3.24. The van der Waals surface area contributed by atoms with Crippen LogP contribution in [0.2, 0.25) is 0 Å². The van der Waals surface area contributed by atoms with E-state index in [4.69, 9.17) is 0 Å². The van der Waals surface area contributed by atoms with Crippen molar-refractivity contribution >= 4 is 5.69 Å². The lowest BCUT2D eigenvalue weighted by Crippen LogP contribution is -2.30. The number of imidazole rings is 1. The van der Waals surface area contributed by atoms with Gasteiger partial charge in [0, 0.05) is 69.6 Å². The van der Waals surface area contributed by atoms with Crippen molar-refractivity contribution in [3.63, 3.8) is 0 Å². The highest BCUT2D eigenvalue weighted by molar-refractivity contribution is 5.50. The van der Waals surface area contributed by atoms with Crippen LogP contribution in [0.5, 0.6) is 0 Å². The molecule has 1 aliphatic rings. The van der Waals surface area contributed by atoms with Crippen molar-refractivity contribution in [2.45, 2.75) is 25.9 Å². The third-order valence-electron chi connectivity index (χ3n) is 4.14. The first-order valence-electron chi connectivity index (χ1n) is 7.55. The second-order valence-corrected chi connectivity index (χ2v) is 5.93. The Labute approximate surface area is 126 Å². The molecule has 3 heterocycles. The molecule has 1 aliphatic heterocycles. The second-order valence-electron chi connectivity index (χ2n) is 5.93. The fourth-order valence-corrected chi connectivity index (χ4v) is 3.01. The predicted octanol–water partition coefficient (Wildman–Crippen LogP) is 1.70. The van der Waals surface area contributed by atoms with Crippen LogP contribution >= 0.6 is 0 Å². The van der Waals surface area contributed by atoms with Crippen LogP contribution in [0.3, 0.4) is 0 Å². The summed E-state index contributed by atoms with van der Waals surface area (Å²) in [4.78, 5) is 10.8. The van der Waals surface area contributed by atoms with Gasteiger partial charge in [0.1, 0.15) is 5.82 Å². The molecule has 0 saturated carbocycles. The molecular formula is C16H23N5. The molecule has 21 heavy (non-hydrogen) atoms.